The largest absolute Gasteiger partial charge is 0.356 e. The van der Waals surface area contributed by atoms with E-state index < -0.39 is 0 Å². The van der Waals surface area contributed by atoms with Crippen molar-refractivity contribution in [1.29, 1.82) is 0 Å². The molecule has 56 valence electrons. The Bertz CT molecular complexity index is 180. The van der Waals surface area contributed by atoms with E-state index in [0.717, 1.165) is 13.0 Å². The first-order valence-electron chi connectivity index (χ1n) is 3.66. The van der Waals surface area contributed by atoms with Gasteiger partial charge in [-0.3, -0.25) is 4.79 Å². The second-order valence-electron chi connectivity index (χ2n) is 3.19. The number of hydrogen-bond donors (Lipinski definition) is 1. The first-order chi connectivity index (χ1) is 4.71. The highest BCUT2D eigenvalue weighted by Crippen LogP contribution is 2.36. The van der Waals surface area contributed by atoms with Crippen molar-refractivity contribution in [3.05, 3.63) is 0 Å². The van der Waals surface area contributed by atoms with Gasteiger partial charge in [-0.05, 0) is 13.3 Å². The first-order valence-corrected chi connectivity index (χ1v) is 3.66. The molecule has 2 aliphatic heterocycles. The minimum Gasteiger partial charge on any atom is -0.356 e. The standard InChI is InChI=1S/C7H11NO2/c1-7-5(2-3-10-7)4-6(9)8-7/h5H,2-4H2,1H3,(H,8,9). The summed E-state index contributed by atoms with van der Waals surface area (Å²) < 4.78 is 5.40. The number of rotatable bonds is 0. The lowest BCUT2D eigenvalue weighted by molar-refractivity contribution is -0.122. The van der Waals surface area contributed by atoms with Crippen LogP contribution in [0.15, 0.2) is 0 Å². The van der Waals surface area contributed by atoms with E-state index in [0.29, 0.717) is 12.3 Å². The molecule has 0 aromatic carbocycles. The van der Waals surface area contributed by atoms with E-state index in [4.69, 9.17) is 4.74 Å². The summed E-state index contributed by atoms with van der Waals surface area (Å²) in [5.74, 6) is 0.548. The van der Waals surface area contributed by atoms with Crippen molar-refractivity contribution in [2.75, 3.05) is 6.61 Å². The quantitative estimate of drug-likeness (QED) is 0.525. The zero-order valence-electron chi connectivity index (χ0n) is 6.02. The van der Waals surface area contributed by atoms with Crippen LogP contribution in [0.2, 0.25) is 0 Å². The summed E-state index contributed by atoms with van der Waals surface area (Å²) in [5.41, 5.74) is -0.322. The van der Waals surface area contributed by atoms with Gasteiger partial charge in [0.15, 0.2) is 0 Å². The maximum absolute atomic E-state index is 10.9. The number of hydrogen-bond acceptors (Lipinski definition) is 2. The molecule has 2 atom stereocenters. The molecule has 2 unspecified atom stereocenters. The van der Waals surface area contributed by atoms with Gasteiger partial charge in [0, 0.05) is 18.9 Å². The van der Waals surface area contributed by atoms with Crippen LogP contribution in [0.1, 0.15) is 19.8 Å². The van der Waals surface area contributed by atoms with Gasteiger partial charge in [0.05, 0.1) is 0 Å². The van der Waals surface area contributed by atoms with Gasteiger partial charge in [-0.2, -0.15) is 0 Å². The summed E-state index contributed by atoms with van der Waals surface area (Å²) in [5, 5.41) is 2.83. The molecule has 3 heteroatoms. The summed E-state index contributed by atoms with van der Waals surface area (Å²) in [4.78, 5) is 10.9. The Kier molecular flexibility index (Phi) is 1.06. The van der Waals surface area contributed by atoms with Crippen LogP contribution in [0.25, 0.3) is 0 Å². The number of ether oxygens (including phenoxy) is 1. The first kappa shape index (κ1) is 6.16. The third kappa shape index (κ3) is 0.669. The molecule has 2 aliphatic rings. The SMILES string of the molecule is CC12NC(=O)CC1CCO2. The minimum absolute atomic E-state index is 0.132. The summed E-state index contributed by atoms with van der Waals surface area (Å²) in [6.07, 6.45) is 1.67. The number of amides is 1. The Morgan fingerprint density at radius 1 is 1.80 bits per heavy atom. The molecule has 0 aromatic rings. The van der Waals surface area contributed by atoms with Crippen LogP contribution in [0.3, 0.4) is 0 Å². The Morgan fingerprint density at radius 3 is 3.30 bits per heavy atom. The van der Waals surface area contributed by atoms with Crippen molar-refractivity contribution in [1.82, 2.24) is 5.32 Å². The lowest BCUT2D eigenvalue weighted by Gasteiger charge is -2.21. The van der Waals surface area contributed by atoms with Crippen LogP contribution in [0.5, 0.6) is 0 Å². The summed E-state index contributed by atoms with van der Waals surface area (Å²) in [6, 6.07) is 0. The maximum Gasteiger partial charge on any atom is 0.222 e. The van der Waals surface area contributed by atoms with E-state index in [2.05, 4.69) is 5.32 Å². The van der Waals surface area contributed by atoms with Crippen LogP contribution in [-0.2, 0) is 9.53 Å². The van der Waals surface area contributed by atoms with Crippen molar-refractivity contribution in [2.24, 2.45) is 5.92 Å². The smallest absolute Gasteiger partial charge is 0.222 e. The molecule has 0 bridgehead atoms. The molecule has 0 spiro atoms. The van der Waals surface area contributed by atoms with Crippen LogP contribution in [0.4, 0.5) is 0 Å². The van der Waals surface area contributed by atoms with Gasteiger partial charge in [-0.1, -0.05) is 0 Å². The van der Waals surface area contributed by atoms with E-state index >= 15 is 0 Å². The van der Waals surface area contributed by atoms with Gasteiger partial charge < -0.3 is 10.1 Å². The van der Waals surface area contributed by atoms with Gasteiger partial charge in [0.25, 0.3) is 0 Å². The van der Waals surface area contributed by atoms with Gasteiger partial charge in [-0.25, -0.2) is 0 Å². The molecule has 2 rings (SSSR count). The lowest BCUT2D eigenvalue weighted by atomic mass is 9.98. The van der Waals surface area contributed by atoms with E-state index in [1.165, 1.54) is 0 Å². The minimum atomic E-state index is -0.322. The Morgan fingerprint density at radius 2 is 2.60 bits per heavy atom. The van der Waals surface area contributed by atoms with Crippen LogP contribution in [-0.4, -0.2) is 18.2 Å². The second-order valence-corrected chi connectivity index (χ2v) is 3.19. The summed E-state index contributed by atoms with van der Waals surface area (Å²) in [7, 11) is 0. The maximum atomic E-state index is 10.9. The lowest BCUT2D eigenvalue weighted by Crippen LogP contribution is -2.41. The molecule has 10 heavy (non-hydrogen) atoms. The average molecular weight is 141 g/mol. The summed E-state index contributed by atoms with van der Waals surface area (Å²) in [6.45, 7) is 2.75. The third-order valence-electron chi connectivity index (χ3n) is 2.47. The third-order valence-corrected chi connectivity index (χ3v) is 2.47. The number of carbonyl (C=O) groups is 1. The zero-order valence-corrected chi connectivity index (χ0v) is 6.02. The Balaban J connectivity index is 2.22. The van der Waals surface area contributed by atoms with Gasteiger partial charge >= 0.3 is 0 Å². The molecule has 3 nitrogen and oxygen atoms in total. The normalized spacial score (nSPS) is 45.3. The monoisotopic (exact) mass is 141 g/mol. The van der Waals surface area contributed by atoms with Crippen molar-refractivity contribution < 1.29 is 9.53 Å². The molecular weight excluding hydrogens is 130 g/mol. The fourth-order valence-electron chi connectivity index (χ4n) is 1.79. The highest BCUT2D eigenvalue weighted by Gasteiger charge is 2.47. The molecule has 0 aliphatic carbocycles. The second kappa shape index (κ2) is 1.72. The molecule has 1 N–H and O–H groups in total. The highest BCUT2D eigenvalue weighted by atomic mass is 16.5. The molecular formula is C7H11NO2. The van der Waals surface area contributed by atoms with Crippen molar-refractivity contribution in [3.63, 3.8) is 0 Å². The van der Waals surface area contributed by atoms with Crippen LogP contribution >= 0.6 is 0 Å². The molecule has 0 aromatic heterocycles. The molecule has 0 saturated carbocycles. The molecule has 0 radical (unpaired) electrons. The fraction of sp³-hybridized carbons (Fsp3) is 0.857. The van der Waals surface area contributed by atoms with Crippen LogP contribution < -0.4 is 5.32 Å². The number of carbonyl (C=O) groups excluding carboxylic acids is 1. The van der Waals surface area contributed by atoms with E-state index in [1.54, 1.807) is 0 Å². The van der Waals surface area contributed by atoms with Crippen molar-refractivity contribution >= 4 is 5.91 Å². The molecule has 1 amide bonds. The van der Waals surface area contributed by atoms with Crippen molar-refractivity contribution in [3.8, 4) is 0 Å². The predicted octanol–water partition coefficient (Wildman–Crippen LogP) is 0.259. The zero-order chi connectivity index (χ0) is 7.19. The molecule has 2 heterocycles. The Labute approximate surface area is 59.7 Å². The molecule has 2 saturated heterocycles. The number of nitrogens with one attached hydrogen (secondary N) is 1. The Hall–Kier alpha value is -0.570. The fourth-order valence-corrected chi connectivity index (χ4v) is 1.79. The van der Waals surface area contributed by atoms with Crippen molar-refractivity contribution in [2.45, 2.75) is 25.5 Å². The van der Waals surface area contributed by atoms with Gasteiger partial charge in [-0.15, -0.1) is 0 Å². The topological polar surface area (TPSA) is 38.3 Å². The predicted molar refractivity (Wildman–Crippen MR) is 35.2 cm³/mol. The van der Waals surface area contributed by atoms with Gasteiger partial charge in [0.1, 0.15) is 5.72 Å². The average Bonchev–Trinajstić information content (AvgIpc) is 2.20. The number of fused-ring (bicyclic) bond motifs is 1. The van der Waals surface area contributed by atoms with Crippen LogP contribution in [0, 0.1) is 5.92 Å². The molecule has 2 fully saturated rings. The van der Waals surface area contributed by atoms with E-state index in [1.807, 2.05) is 6.92 Å². The van der Waals surface area contributed by atoms with E-state index in [-0.39, 0.29) is 11.6 Å². The highest BCUT2D eigenvalue weighted by molar-refractivity contribution is 5.79. The summed E-state index contributed by atoms with van der Waals surface area (Å²) >= 11 is 0. The van der Waals surface area contributed by atoms with Gasteiger partial charge in [0.2, 0.25) is 5.91 Å². The van der Waals surface area contributed by atoms with E-state index in [9.17, 15) is 4.79 Å².